The van der Waals surface area contributed by atoms with Gasteiger partial charge in [0.2, 0.25) is 5.91 Å². The fourth-order valence-electron chi connectivity index (χ4n) is 2.83. The second-order valence-corrected chi connectivity index (χ2v) is 7.97. The summed E-state index contributed by atoms with van der Waals surface area (Å²) in [5, 5.41) is 6.13. The lowest BCUT2D eigenvalue weighted by Gasteiger charge is -2.24. The number of aryl methyl sites for hydroxylation is 1. The van der Waals surface area contributed by atoms with Crippen molar-refractivity contribution in [2.24, 2.45) is 0 Å². The van der Waals surface area contributed by atoms with Gasteiger partial charge in [0, 0.05) is 17.2 Å². The molecule has 0 bridgehead atoms. The number of anilines is 1. The topological polar surface area (TPSA) is 80.3 Å². The number of rotatable bonds is 3. The summed E-state index contributed by atoms with van der Waals surface area (Å²) in [7, 11) is 0. The normalized spacial score (nSPS) is 19.0. The first-order chi connectivity index (χ1) is 12.2. The van der Waals surface area contributed by atoms with Gasteiger partial charge in [-0.25, -0.2) is 4.98 Å². The molecule has 130 valence electrons. The number of nitrogens with zero attached hydrogens (tertiary/aromatic N) is 1. The van der Waals surface area contributed by atoms with Crippen molar-refractivity contribution in [2.75, 3.05) is 17.6 Å². The van der Waals surface area contributed by atoms with Crippen molar-refractivity contribution in [3.63, 3.8) is 0 Å². The van der Waals surface area contributed by atoms with Gasteiger partial charge in [0.15, 0.2) is 5.13 Å². The van der Waals surface area contributed by atoms with Gasteiger partial charge in [0.05, 0.1) is 12.1 Å². The molecule has 8 heteroatoms. The minimum atomic E-state index is -0.166. The molecule has 2 amide bonds. The molecule has 2 aromatic rings. The molecular weight excluding hydrogens is 358 g/mol. The number of amides is 2. The second-order valence-electron chi connectivity index (χ2n) is 5.90. The van der Waals surface area contributed by atoms with E-state index in [0.29, 0.717) is 16.6 Å². The monoisotopic (exact) mass is 375 g/mol. The zero-order valence-corrected chi connectivity index (χ0v) is 15.0. The van der Waals surface area contributed by atoms with Crippen LogP contribution in [0.5, 0.6) is 5.75 Å². The van der Waals surface area contributed by atoms with Crippen LogP contribution in [0.15, 0.2) is 29.2 Å². The maximum Gasteiger partial charge on any atom is 0.263 e. The number of aromatic nitrogens is 1. The van der Waals surface area contributed by atoms with E-state index in [1.165, 1.54) is 11.3 Å². The summed E-state index contributed by atoms with van der Waals surface area (Å²) < 4.78 is 5.89. The summed E-state index contributed by atoms with van der Waals surface area (Å²) in [5.74, 6) is 1.32. The van der Waals surface area contributed by atoms with Gasteiger partial charge in [-0.1, -0.05) is 23.5 Å². The molecule has 1 unspecified atom stereocenters. The summed E-state index contributed by atoms with van der Waals surface area (Å²) in [6, 6.07) is 7.84. The third-order valence-electron chi connectivity index (χ3n) is 4.01. The molecule has 0 fully saturated rings. The zero-order chi connectivity index (χ0) is 17.2. The van der Waals surface area contributed by atoms with E-state index in [0.717, 1.165) is 34.9 Å². The van der Waals surface area contributed by atoms with Gasteiger partial charge in [-0.3, -0.25) is 9.59 Å². The maximum atomic E-state index is 12.3. The highest BCUT2D eigenvalue weighted by molar-refractivity contribution is 7.99. The van der Waals surface area contributed by atoms with Crippen LogP contribution in [0.2, 0.25) is 0 Å². The van der Waals surface area contributed by atoms with Crippen molar-refractivity contribution in [1.29, 1.82) is 0 Å². The van der Waals surface area contributed by atoms with E-state index in [1.54, 1.807) is 11.8 Å². The molecule has 2 aliphatic heterocycles. The van der Waals surface area contributed by atoms with Crippen LogP contribution in [0.4, 0.5) is 5.13 Å². The molecule has 4 rings (SSSR count). The van der Waals surface area contributed by atoms with Crippen LogP contribution in [0.1, 0.15) is 28.2 Å². The first-order valence-corrected chi connectivity index (χ1v) is 9.95. The van der Waals surface area contributed by atoms with Crippen LogP contribution in [-0.4, -0.2) is 35.2 Å². The highest BCUT2D eigenvalue weighted by atomic mass is 32.2. The average molecular weight is 375 g/mol. The Balaban J connectivity index is 1.38. The molecule has 1 aromatic heterocycles. The van der Waals surface area contributed by atoms with Gasteiger partial charge >= 0.3 is 0 Å². The number of hydrogen-bond acceptors (Lipinski definition) is 6. The first-order valence-electron chi connectivity index (χ1n) is 8.15. The number of fused-ring (bicyclic) bond motifs is 2. The van der Waals surface area contributed by atoms with Crippen molar-refractivity contribution in [1.82, 2.24) is 10.3 Å². The number of carbonyl (C=O) groups is 2. The minimum Gasteiger partial charge on any atom is -0.488 e. The molecular formula is C17H17N3O3S2. The van der Waals surface area contributed by atoms with Crippen molar-refractivity contribution in [2.45, 2.75) is 30.3 Å². The molecule has 0 spiro atoms. The second kappa shape index (κ2) is 7.05. The molecule has 0 aliphatic carbocycles. The first kappa shape index (κ1) is 16.4. The standard InChI is InChI=1S/C17H17N3O3S2/c21-14(8-10-9-24-13-6-2-1-5-12(13)23-10)20-17-19-11-4-3-7-18-16(22)15(11)25-17/h1-2,5-6,10H,3-4,7-9H2,(H,18,22)(H,19,20,21). The molecule has 0 saturated heterocycles. The summed E-state index contributed by atoms with van der Waals surface area (Å²) in [4.78, 5) is 30.4. The van der Waals surface area contributed by atoms with Crippen molar-refractivity contribution in [3.8, 4) is 5.75 Å². The number of thiazole rings is 1. The zero-order valence-electron chi connectivity index (χ0n) is 13.4. The molecule has 0 saturated carbocycles. The number of hydrogen-bond donors (Lipinski definition) is 2. The van der Waals surface area contributed by atoms with E-state index in [9.17, 15) is 9.59 Å². The molecule has 1 aromatic carbocycles. The highest BCUT2D eigenvalue weighted by Gasteiger charge is 2.24. The minimum absolute atomic E-state index is 0.103. The Bertz CT molecular complexity index is 821. The van der Waals surface area contributed by atoms with Crippen LogP contribution >= 0.6 is 23.1 Å². The predicted molar refractivity (Wildman–Crippen MR) is 97.6 cm³/mol. The van der Waals surface area contributed by atoms with Gasteiger partial charge in [-0.05, 0) is 25.0 Å². The van der Waals surface area contributed by atoms with E-state index >= 15 is 0 Å². The van der Waals surface area contributed by atoms with Crippen LogP contribution in [0.25, 0.3) is 0 Å². The molecule has 25 heavy (non-hydrogen) atoms. The number of para-hydroxylation sites is 1. The number of carbonyl (C=O) groups excluding carboxylic acids is 2. The average Bonchev–Trinajstić information content (AvgIpc) is 2.93. The van der Waals surface area contributed by atoms with Gasteiger partial charge in [-0.15, -0.1) is 11.8 Å². The number of ether oxygens (including phenoxy) is 1. The van der Waals surface area contributed by atoms with Crippen molar-refractivity contribution >= 4 is 40.0 Å². The van der Waals surface area contributed by atoms with E-state index in [-0.39, 0.29) is 24.3 Å². The fraction of sp³-hybridized carbons (Fsp3) is 0.353. The number of nitrogens with one attached hydrogen (secondary N) is 2. The third-order valence-corrected chi connectivity index (χ3v) is 6.20. The van der Waals surface area contributed by atoms with E-state index in [4.69, 9.17) is 4.74 Å². The largest absolute Gasteiger partial charge is 0.488 e. The predicted octanol–water partition coefficient (Wildman–Crippen LogP) is 2.70. The molecule has 2 N–H and O–H groups in total. The summed E-state index contributed by atoms with van der Waals surface area (Å²) >= 11 is 2.93. The van der Waals surface area contributed by atoms with E-state index < -0.39 is 0 Å². The Kier molecular flexibility index (Phi) is 4.63. The Labute approximate surface area is 153 Å². The number of benzene rings is 1. The fourth-order valence-corrected chi connectivity index (χ4v) is 4.76. The summed E-state index contributed by atoms with van der Waals surface area (Å²) in [5.41, 5.74) is 0.772. The smallest absolute Gasteiger partial charge is 0.263 e. The van der Waals surface area contributed by atoms with Gasteiger partial charge in [0.1, 0.15) is 16.7 Å². The Hall–Kier alpha value is -2.06. The molecule has 1 atom stereocenters. The lowest BCUT2D eigenvalue weighted by atomic mass is 10.2. The SMILES string of the molecule is O=C(CC1CSc2ccccc2O1)Nc1nc2c(s1)C(=O)NCCC2. The molecule has 0 radical (unpaired) electrons. The van der Waals surface area contributed by atoms with Crippen LogP contribution in [0.3, 0.4) is 0 Å². The molecule has 6 nitrogen and oxygen atoms in total. The van der Waals surface area contributed by atoms with Crippen LogP contribution < -0.4 is 15.4 Å². The van der Waals surface area contributed by atoms with E-state index in [1.807, 2.05) is 24.3 Å². The quantitative estimate of drug-likeness (QED) is 0.862. The molecule has 3 heterocycles. The van der Waals surface area contributed by atoms with Crippen LogP contribution in [-0.2, 0) is 11.2 Å². The van der Waals surface area contributed by atoms with Crippen molar-refractivity contribution in [3.05, 3.63) is 34.8 Å². The third kappa shape index (κ3) is 3.64. The van der Waals surface area contributed by atoms with E-state index in [2.05, 4.69) is 15.6 Å². The Morgan fingerprint density at radius 2 is 2.28 bits per heavy atom. The molecule has 2 aliphatic rings. The van der Waals surface area contributed by atoms with Gasteiger partial charge < -0.3 is 15.4 Å². The lowest BCUT2D eigenvalue weighted by molar-refractivity contribution is -0.117. The Morgan fingerprint density at radius 1 is 1.40 bits per heavy atom. The summed E-state index contributed by atoms with van der Waals surface area (Å²) in [6.07, 6.45) is 1.71. The number of thioether (sulfide) groups is 1. The summed E-state index contributed by atoms with van der Waals surface area (Å²) in [6.45, 7) is 0.668. The Morgan fingerprint density at radius 3 is 3.20 bits per heavy atom. The van der Waals surface area contributed by atoms with Gasteiger partial charge in [-0.2, -0.15) is 0 Å². The maximum absolute atomic E-state index is 12.3. The van der Waals surface area contributed by atoms with Crippen molar-refractivity contribution < 1.29 is 14.3 Å². The highest BCUT2D eigenvalue weighted by Crippen LogP contribution is 2.35. The lowest BCUT2D eigenvalue weighted by Crippen LogP contribution is -2.28. The van der Waals surface area contributed by atoms with Crippen LogP contribution in [0, 0.1) is 0 Å². The van der Waals surface area contributed by atoms with Gasteiger partial charge in [0.25, 0.3) is 5.91 Å².